The minimum absolute atomic E-state index is 0.169. The molecule has 0 aliphatic heterocycles. The molecule has 0 aliphatic rings. The number of benzene rings is 1. The second-order valence-corrected chi connectivity index (χ2v) is 4.74. The van der Waals surface area contributed by atoms with Crippen molar-refractivity contribution in [2.24, 2.45) is 0 Å². The first-order valence-electron chi connectivity index (χ1n) is 6.69. The zero-order chi connectivity index (χ0) is 15.4. The smallest absolute Gasteiger partial charge is 0.227 e. The van der Waals surface area contributed by atoms with E-state index in [4.69, 9.17) is 4.52 Å². The first-order valence-corrected chi connectivity index (χ1v) is 6.69. The number of aryl methyl sites for hydroxylation is 2. The van der Waals surface area contributed by atoms with Crippen molar-refractivity contribution in [3.63, 3.8) is 0 Å². The third kappa shape index (κ3) is 3.66. The Hall–Kier alpha value is -2.21. The lowest BCUT2D eigenvalue weighted by atomic mass is 10.1. The minimum Gasteiger partial charge on any atom is -0.388 e. The lowest BCUT2D eigenvalue weighted by molar-refractivity contribution is -0.118. The molecule has 0 radical (unpaired) electrons. The van der Waals surface area contributed by atoms with Crippen LogP contribution in [0.25, 0.3) is 0 Å². The third-order valence-corrected chi connectivity index (χ3v) is 3.14. The van der Waals surface area contributed by atoms with Crippen molar-refractivity contribution in [2.45, 2.75) is 32.8 Å². The maximum absolute atomic E-state index is 13.1. The van der Waals surface area contributed by atoms with Crippen LogP contribution in [-0.4, -0.2) is 16.2 Å². The van der Waals surface area contributed by atoms with Crippen LogP contribution in [0.5, 0.6) is 0 Å². The number of nitrogens with zero attached hydrogens (tertiary/aromatic N) is 1. The molecule has 2 N–H and O–H groups in total. The fourth-order valence-electron chi connectivity index (χ4n) is 2.02. The Morgan fingerprint density at radius 1 is 1.52 bits per heavy atom. The highest BCUT2D eigenvalue weighted by atomic mass is 19.1. The number of aliphatic hydroxyl groups is 1. The van der Waals surface area contributed by atoms with E-state index < -0.39 is 11.9 Å². The highest BCUT2D eigenvalue weighted by molar-refractivity contribution is 5.92. The van der Waals surface area contributed by atoms with Gasteiger partial charge in [-0.2, -0.15) is 0 Å². The van der Waals surface area contributed by atoms with Crippen molar-refractivity contribution >= 4 is 11.6 Å². The quantitative estimate of drug-likeness (QED) is 0.888. The molecule has 21 heavy (non-hydrogen) atoms. The molecular formula is C15H17FN2O3. The summed E-state index contributed by atoms with van der Waals surface area (Å²) in [5.74, 6) is -0.316. The molecule has 1 aromatic heterocycles. The van der Waals surface area contributed by atoms with Crippen LogP contribution in [0, 0.1) is 12.7 Å². The molecule has 5 nitrogen and oxygen atoms in total. The van der Waals surface area contributed by atoms with Crippen molar-refractivity contribution in [1.82, 2.24) is 5.16 Å². The summed E-state index contributed by atoms with van der Waals surface area (Å²) in [5.41, 5.74) is 1.55. The van der Waals surface area contributed by atoms with Crippen LogP contribution in [-0.2, 0) is 11.2 Å². The van der Waals surface area contributed by atoms with Crippen molar-refractivity contribution in [1.29, 1.82) is 0 Å². The van der Waals surface area contributed by atoms with Gasteiger partial charge in [-0.05, 0) is 31.0 Å². The van der Waals surface area contributed by atoms with Crippen molar-refractivity contribution < 1.29 is 18.8 Å². The molecule has 0 saturated heterocycles. The number of halogens is 1. The molecule has 0 spiro atoms. The van der Waals surface area contributed by atoms with Crippen molar-refractivity contribution in [3.8, 4) is 0 Å². The van der Waals surface area contributed by atoms with E-state index in [0.717, 1.165) is 0 Å². The number of anilines is 1. The Labute approximate surface area is 121 Å². The van der Waals surface area contributed by atoms with E-state index in [1.54, 1.807) is 13.0 Å². The summed E-state index contributed by atoms with van der Waals surface area (Å²) >= 11 is 0. The average Bonchev–Trinajstić information content (AvgIpc) is 2.79. The van der Waals surface area contributed by atoms with E-state index in [0.29, 0.717) is 29.1 Å². The molecule has 2 rings (SSSR count). The normalized spacial score (nSPS) is 12.2. The van der Waals surface area contributed by atoms with Crippen LogP contribution in [0.15, 0.2) is 28.8 Å². The maximum Gasteiger partial charge on any atom is 0.227 e. The van der Waals surface area contributed by atoms with Crippen LogP contribution >= 0.6 is 0 Å². The Kier molecular flexibility index (Phi) is 4.70. The number of aliphatic hydroxyl groups excluding tert-OH is 1. The molecule has 2 aromatic rings. The topological polar surface area (TPSA) is 75.4 Å². The fourth-order valence-corrected chi connectivity index (χ4v) is 2.02. The lowest BCUT2D eigenvalue weighted by Gasteiger charge is -2.11. The van der Waals surface area contributed by atoms with Gasteiger partial charge in [-0.25, -0.2) is 4.39 Å². The Balaban J connectivity index is 2.03. The molecule has 6 heteroatoms. The Bertz CT molecular complexity index is 640. The number of hydrogen-bond donors (Lipinski definition) is 2. The van der Waals surface area contributed by atoms with Gasteiger partial charge in [-0.15, -0.1) is 0 Å². The number of rotatable bonds is 5. The second kappa shape index (κ2) is 6.49. The highest BCUT2D eigenvalue weighted by Gasteiger charge is 2.18. The van der Waals surface area contributed by atoms with Gasteiger partial charge in [-0.1, -0.05) is 24.2 Å². The summed E-state index contributed by atoms with van der Waals surface area (Å²) in [6.45, 7) is 3.60. The van der Waals surface area contributed by atoms with E-state index in [1.165, 1.54) is 18.2 Å². The highest BCUT2D eigenvalue weighted by Crippen LogP contribution is 2.22. The van der Waals surface area contributed by atoms with E-state index in [1.807, 2.05) is 6.92 Å². The predicted molar refractivity (Wildman–Crippen MR) is 75.2 cm³/mol. The van der Waals surface area contributed by atoms with Gasteiger partial charge < -0.3 is 14.9 Å². The fraction of sp³-hybridized carbons (Fsp3) is 0.333. The van der Waals surface area contributed by atoms with Crippen LogP contribution in [0.1, 0.15) is 36.5 Å². The van der Waals surface area contributed by atoms with Gasteiger partial charge in [0.05, 0.1) is 12.5 Å². The summed E-state index contributed by atoms with van der Waals surface area (Å²) in [6, 6.07) is 5.55. The third-order valence-electron chi connectivity index (χ3n) is 3.14. The summed E-state index contributed by atoms with van der Waals surface area (Å²) in [5, 5.41) is 16.5. The van der Waals surface area contributed by atoms with Crippen molar-refractivity contribution in [3.05, 3.63) is 47.1 Å². The molecule has 0 bridgehead atoms. The van der Waals surface area contributed by atoms with Crippen LogP contribution < -0.4 is 5.32 Å². The van der Waals surface area contributed by atoms with Gasteiger partial charge in [0, 0.05) is 0 Å². The molecule has 1 unspecified atom stereocenters. The summed E-state index contributed by atoms with van der Waals surface area (Å²) in [7, 11) is 0. The number of amides is 1. The molecule has 1 atom stereocenters. The van der Waals surface area contributed by atoms with E-state index in [9.17, 15) is 14.3 Å². The van der Waals surface area contributed by atoms with E-state index in [-0.39, 0.29) is 12.3 Å². The van der Waals surface area contributed by atoms with Crippen LogP contribution in [0.4, 0.5) is 10.1 Å². The lowest BCUT2D eigenvalue weighted by Crippen LogP contribution is -2.16. The molecule has 0 fully saturated rings. The van der Waals surface area contributed by atoms with Gasteiger partial charge >= 0.3 is 0 Å². The van der Waals surface area contributed by atoms with Gasteiger partial charge in [-0.3, -0.25) is 4.79 Å². The number of aromatic nitrogens is 1. The zero-order valence-corrected chi connectivity index (χ0v) is 11.9. The van der Waals surface area contributed by atoms with E-state index in [2.05, 4.69) is 10.5 Å². The standard InChI is InChI=1S/C15H17FN2O3/c1-3-12-15(9(2)21-18-12)17-14(20)8-13(19)10-5-4-6-11(16)7-10/h4-7,13,19H,3,8H2,1-2H3,(H,17,20). The predicted octanol–water partition coefficient (Wildman–Crippen LogP) is 2.75. The van der Waals surface area contributed by atoms with Gasteiger partial charge in [0.1, 0.15) is 17.2 Å². The molecule has 112 valence electrons. The molecule has 0 saturated carbocycles. The largest absolute Gasteiger partial charge is 0.388 e. The van der Waals surface area contributed by atoms with Crippen LogP contribution in [0.3, 0.4) is 0 Å². The second-order valence-electron chi connectivity index (χ2n) is 4.74. The first-order chi connectivity index (χ1) is 10.0. The molecule has 0 aliphatic carbocycles. The molecule has 1 amide bonds. The number of nitrogens with one attached hydrogen (secondary N) is 1. The average molecular weight is 292 g/mol. The monoisotopic (exact) mass is 292 g/mol. The number of carbonyl (C=O) groups is 1. The van der Waals surface area contributed by atoms with E-state index >= 15 is 0 Å². The summed E-state index contributed by atoms with van der Waals surface area (Å²) in [4.78, 5) is 12.0. The van der Waals surface area contributed by atoms with Gasteiger partial charge in [0.25, 0.3) is 0 Å². The van der Waals surface area contributed by atoms with Crippen molar-refractivity contribution in [2.75, 3.05) is 5.32 Å². The number of carbonyl (C=O) groups excluding carboxylic acids is 1. The summed E-state index contributed by atoms with van der Waals surface area (Å²) < 4.78 is 18.1. The Morgan fingerprint density at radius 3 is 2.95 bits per heavy atom. The van der Waals surface area contributed by atoms with Gasteiger partial charge in [0.15, 0.2) is 5.76 Å². The Morgan fingerprint density at radius 2 is 2.29 bits per heavy atom. The minimum atomic E-state index is -1.06. The molecular weight excluding hydrogens is 275 g/mol. The molecule has 1 aromatic carbocycles. The number of hydrogen-bond acceptors (Lipinski definition) is 4. The van der Waals surface area contributed by atoms with Gasteiger partial charge in [0.2, 0.25) is 5.91 Å². The maximum atomic E-state index is 13.1. The van der Waals surface area contributed by atoms with Crippen LogP contribution in [0.2, 0.25) is 0 Å². The summed E-state index contributed by atoms with van der Waals surface area (Å²) in [6.07, 6.45) is -0.609. The first kappa shape index (κ1) is 15.2. The SMILES string of the molecule is CCc1noc(C)c1NC(=O)CC(O)c1cccc(F)c1. The zero-order valence-electron chi connectivity index (χ0n) is 11.9. The molecule has 1 heterocycles.